The van der Waals surface area contributed by atoms with Crippen LogP contribution in [0.1, 0.15) is 15.9 Å². The molecule has 0 aliphatic carbocycles. The third-order valence-electron chi connectivity index (χ3n) is 2.10. The molecule has 1 aromatic rings. The third-order valence-corrected chi connectivity index (χ3v) is 2.67. The van der Waals surface area contributed by atoms with Crippen molar-refractivity contribution in [2.75, 3.05) is 0 Å². The number of benzene rings is 1. The smallest absolute Gasteiger partial charge is 0.270 e. The van der Waals surface area contributed by atoms with Crippen LogP contribution in [0, 0.1) is 10.1 Å². The molecule has 0 N–H and O–H groups in total. The normalized spacial score (nSPS) is 14.4. The van der Waals surface area contributed by atoms with Gasteiger partial charge in [-0.1, -0.05) is 6.07 Å². The maximum absolute atomic E-state index is 11.4. The van der Waals surface area contributed by atoms with Crippen molar-refractivity contribution in [2.24, 2.45) is 0 Å². The number of rotatable bonds is 1. The SMILES string of the molecule is O=C1c2cccc([N+](=O)[O-])c2CN1Br. The van der Waals surface area contributed by atoms with Crippen LogP contribution in [-0.4, -0.2) is 14.8 Å². The van der Waals surface area contributed by atoms with Crippen molar-refractivity contribution in [3.63, 3.8) is 0 Å². The van der Waals surface area contributed by atoms with Gasteiger partial charge < -0.3 is 0 Å². The minimum atomic E-state index is -0.474. The molecule has 14 heavy (non-hydrogen) atoms. The van der Waals surface area contributed by atoms with Gasteiger partial charge in [0.15, 0.2) is 0 Å². The molecule has 0 saturated heterocycles. The van der Waals surface area contributed by atoms with E-state index < -0.39 is 4.92 Å². The second-order valence-electron chi connectivity index (χ2n) is 2.89. The Hall–Kier alpha value is -1.43. The van der Waals surface area contributed by atoms with Crippen LogP contribution in [0.25, 0.3) is 0 Å². The molecule has 0 atom stereocenters. The number of fused-ring (bicyclic) bond motifs is 1. The number of halogens is 1. The number of carbonyl (C=O) groups is 1. The number of nitro benzene ring substituents is 1. The Morgan fingerprint density at radius 3 is 2.86 bits per heavy atom. The second-order valence-corrected chi connectivity index (χ2v) is 3.74. The molecule has 1 aromatic carbocycles. The first-order valence-electron chi connectivity index (χ1n) is 3.85. The van der Waals surface area contributed by atoms with Crippen LogP contribution in [0.2, 0.25) is 0 Å². The number of hydrogen-bond acceptors (Lipinski definition) is 3. The van der Waals surface area contributed by atoms with Crippen LogP contribution in [-0.2, 0) is 6.54 Å². The van der Waals surface area contributed by atoms with Gasteiger partial charge in [-0.15, -0.1) is 0 Å². The highest BCUT2D eigenvalue weighted by molar-refractivity contribution is 9.07. The molecule has 0 unspecified atom stereocenters. The third kappa shape index (κ3) is 1.19. The van der Waals surface area contributed by atoms with E-state index >= 15 is 0 Å². The summed E-state index contributed by atoms with van der Waals surface area (Å²) in [6.45, 7) is 0.241. The van der Waals surface area contributed by atoms with E-state index in [2.05, 4.69) is 16.1 Å². The minimum absolute atomic E-state index is 0.00204. The van der Waals surface area contributed by atoms with Gasteiger partial charge in [-0.3, -0.25) is 18.8 Å². The molecule has 1 amide bonds. The molecular weight excluding hydrogens is 252 g/mol. The van der Waals surface area contributed by atoms with Crippen LogP contribution < -0.4 is 0 Å². The highest BCUT2D eigenvalue weighted by atomic mass is 79.9. The molecule has 0 radical (unpaired) electrons. The lowest BCUT2D eigenvalue weighted by atomic mass is 10.1. The Bertz CT molecular complexity index is 433. The number of nitro groups is 1. The quantitative estimate of drug-likeness (QED) is 0.438. The number of hydrogen-bond donors (Lipinski definition) is 0. The first-order chi connectivity index (χ1) is 6.61. The molecule has 1 heterocycles. The van der Waals surface area contributed by atoms with E-state index in [0.29, 0.717) is 11.1 Å². The van der Waals surface area contributed by atoms with E-state index in [9.17, 15) is 14.9 Å². The van der Waals surface area contributed by atoms with E-state index in [4.69, 9.17) is 0 Å². The zero-order valence-corrected chi connectivity index (χ0v) is 8.52. The Labute approximate surface area is 87.8 Å². The van der Waals surface area contributed by atoms with Gasteiger partial charge in [0, 0.05) is 6.07 Å². The van der Waals surface area contributed by atoms with E-state index in [-0.39, 0.29) is 18.1 Å². The molecule has 2 rings (SSSR count). The summed E-state index contributed by atoms with van der Waals surface area (Å²) in [6.07, 6.45) is 0. The van der Waals surface area contributed by atoms with Crippen LogP contribution in [0.5, 0.6) is 0 Å². The van der Waals surface area contributed by atoms with E-state index in [1.807, 2.05) is 0 Å². The topological polar surface area (TPSA) is 63.4 Å². The molecule has 1 aliphatic rings. The molecule has 1 aliphatic heterocycles. The van der Waals surface area contributed by atoms with Gasteiger partial charge in [0.05, 0.1) is 38.7 Å². The molecule has 0 fully saturated rings. The fourth-order valence-corrected chi connectivity index (χ4v) is 1.90. The summed E-state index contributed by atoms with van der Waals surface area (Å²) in [5.41, 5.74) is 0.869. The van der Waals surface area contributed by atoms with Crippen molar-refractivity contribution in [3.8, 4) is 0 Å². The zero-order valence-electron chi connectivity index (χ0n) is 6.94. The van der Waals surface area contributed by atoms with Gasteiger partial charge in [0.1, 0.15) is 0 Å². The number of nitrogens with zero attached hydrogens (tertiary/aromatic N) is 2. The largest absolute Gasteiger partial charge is 0.275 e. The molecule has 0 spiro atoms. The van der Waals surface area contributed by atoms with Crippen molar-refractivity contribution in [1.82, 2.24) is 3.93 Å². The molecule has 72 valence electrons. The maximum Gasteiger partial charge on any atom is 0.275 e. The van der Waals surface area contributed by atoms with Gasteiger partial charge in [-0.25, -0.2) is 0 Å². The Balaban J connectivity index is 2.61. The number of amides is 1. The molecule has 5 nitrogen and oxygen atoms in total. The summed E-state index contributed by atoms with van der Waals surface area (Å²) in [5.74, 6) is -0.233. The fraction of sp³-hybridized carbons (Fsp3) is 0.125. The predicted octanol–water partition coefficient (Wildman–Crippen LogP) is 1.86. The molecule has 0 aromatic heterocycles. The first kappa shape index (κ1) is 9.14. The van der Waals surface area contributed by atoms with Crippen LogP contribution in [0.4, 0.5) is 5.69 Å². The second kappa shape index (κ2) is 3.06. The predicted molar refractivity (Wildman–Crippen MR) is 51.9 cm³/mol. The standard InChI is InChI=1S/C8H5BrN2O3/c9-10-4-6-5(8(10)12)2-1-3-7(6)11(13)14/h1-3H,4H2. The minimum Gasteiger partial charge on any atom is -0.270 e. The van der Waals surface area contributed by atoms with E-state index in [1.54, 1.807) is 6.07 Å². The van der Waals surface area contributed by atoms with Crippen LogP contribution in [0.15, 0.2) is 18.2 Å². The lowest BCUT2D eigenvalue weighted by Crippen LogP contribution is -2.10. The molecule has 0 bridgehead atoms. The molecular formula is C8H5BrN2O3. The average Bonchev–Trinajstić information content (AvgIpc) is 2.43. The maximum atomic E-state index is 11.4. The van der Waals surface area contributed by atoms with Crippen LogP contribution >= 0.6 is 16.1 Å². The first-order valence-corrected chi connectivity index (χ1v) is 4.56. The van der Waals surface area contributed by atoms with Gasteiger partial charge in [-0.05, 0) is 6.07 Å². The Morgan fingerprint density at radius 1 is 1.50 bits per heavy atom. The van der Waals surface area contributed by atoms with Crippen molar-refractivity contribution in [1.29, 1.82) is 0 Å². The summed E-state index contributed by atoms with van der Waals surface area (Å²) in [6, 6.07) is 4.51. The summed E-state index contributed by atoms with van der Waals surface area (Å²) >= 11 is 3.03. The van der Waals surface area contributed by atoms with Gasteiger partial charge >= 0.3 is 0 Å². The summed E-state index contributed by atoms with van der Waals surface area (Å²) in [5, 5.41) is 10.6. The van der Waals surface area contributed by atoms with Crippen LogP contribution in [0.3, 0.4) is 0 Å². The number of carbonyl (C=O) groups excluding carboxylic acids is 1. The van der Waals surface area contributed by atoms with Crippen molar-refractivity contribution in [3.05, 3.63) is 39.4 Å². The van der Waals surface area contributed by atoms with Crippen molar-refractivity contribution < 1.29 is 9.72 Å². The summed E-state index contributed by atoms with van der Waals surface area (Å²) in [4.78, 5) is 21.6. The lowest BCUT2D eigenvalue weighted by Gasteiger charge is -2.00. The average molecular weight is 257 g/mol. The fourth-order valence-electron chi connectivity index (χ4n) is 1.45. The molecule has 0 saturated carbocycles. The van der Waals surface area contributed by atoms with Gasteiger partial charge in [0.2, 0.25) is 0 Å². The highest BCUT2D eigenvalue weighted by Gasteiger charge is 2.31. The summed E-state index contributed by atoms with van der Waals surface area (Å²) in [7, 11) is 0. The molecule has 6 heteroatoms. The monoisotopic (exact) mass is 256 g/mol. The van der Waals surface area contributed by atoms with Crippen molar-refractivity contribution in [2.45, 2.75) is 6.54 Å². The lowest BCUT2D eigenvalue weighted by molar-refractivity contribution is -0.385. The Kier molecular flexibility index (Phi) is 1.99. The summed E-state index contributed by atoms with van der Waals surface area (Å²) < 4.78 is 1.28. The van der Waals surface area contributed by atoms with E-state index in [0.717, 1.165) is 0 Å². The zero-order chi connectivity index (χ0) is 10.3. The van der Waals surface area contributed by atoms with Crippen molar-refractivity contribution >= 4 is 27.7 Å². The van der Waals surface area contributed by atoms with E-state index in [1.165, 1.54) is 16.1 Å². The van der Waals surface area contributed by atoms with Gasteiger partial charge in [0.25, 0.3) is 11.6 Å². The van der Waals surface area contributed by atoms with Gasteiger partial charge in [-0.2, -0.15) is 0 Å². The Morgan fingerprint density at radius 2 is 2.21 bits per heavy atom. The highest BCUT2D eigenvalue weighted by Crippen LogP contribution is 2.31.